The molecule has 1 aliphatic heterocycles. The molecule has 1 aromatic carbocycles. The normalized spacial score (nSPS) is 22.2. The van der Waals surface area contributed by atoms with E-state index < -0.39 is 12.0 Å². The number of carboxylic acids is 1. The second-order valence-corrected chi connectivity index (χ2v) is 5.71. The molecular weight excluding hydrogens is 266 g/mol. The Labute approximate surface area is 115 Å². The molecule has 2 atom stereocenters. The number of ether oxygens (including phenoxy) is 1. The summed E-state index contributed by atoms with van der Waals surface area (Å²) < 4.78 is 4.95. The zero-order valence-electron chi connectivity index (χ0n) is 10.5. The van der Waals surface area contributed by atoms with Gasteiger partial charge in [-0.1, -0.05) is 0 Å². The quantitative estimate of drug-likeness (QED) is 0.644. The van der Waals surface area contributed by atoms with E-state index in [0.29, 0.717) is 18.7 Å². The average Bonchev–Trinajstić information content (AvgIpc) is 2.80. The molecule has 1 saturated heterocycles. The van der Waals surface area contributed by atoms with Gasteiger partial charge in [-0.05, 0) is 30.7 Å². The zero-order chi connectivity index (χ0) is 13.8. The fraction of sp³-hybridized carbons (Fsp3) is 0.385. The van der Waals surface area contributed by atoms with E-state index >= 15 is 0 Å². The summed E-state index contributed by atoms with van der Waals surface area (Å²) in [7, 11) is 0. The van der Waals surface area contributed by atoms with Gasteiger partial charge in [0.1, 0.15) is 11.8 Å². The van der Waals surface area contributed by atoms with Crippen LogP contribution in [0.15, 0.2) is 29.2 Å². The van der Waals surface area contributed by atoms with Crippen LogP contribution in [-0.4, -0.2) is 34.9 Å². The van der Waals surface area contributed by atoms with Crippen LogP contribution in [0, 0.1) is 0 Å². The van der Waals surface area contributed by atoms with Gasteiger partial charge in [0.05, 0.1) is 0 Å². The van der Waals surface area contributed by atoms with Crippen LogP contribution < -0.4 is 10.1 Å². The summed E-state index contributed by atoms with van der Waals surface area (Å²) in [5.41, 5.74) is 0. The largest absolute Gasteiger partial charge is 0.480 e. The Morgan fingerprint density at radius 1 is 1.37 bits per heavy atom. The summed E-state index contributed by atoms with van der Waals surface area (Å²) in [5.74, 6) is -0.622. The Balaban J connectivity index is 1.90. The molecule has 19 heavy (non-hydrogen) atoms. The van der Waals surface area contributed by atoms with Gasteiger partial charge in [-0.25, -0.2) is 0 Å². The molecule has 0 radical (unpaired) electrons. The number of esters is 1. The molecule has 0 amide bonds. The molecule has 1 heterocycles. The van der Waals surface area contributed by atoms with Crippen molar-refractivity contribution in [1.29, 1.82) is 0 Å². The lowest BCUT2D eigenvalue weighted by atomic mass is 10.2. The molecular formula is C13H15NO4S. The zero-order valence-corrected chi connectivity index (χ0v) is 11.3. The third-order valence-electron chi connectivity index (χ3n) is 2.78. The van der Waals surface area contributed by atoms with E-state index in [-0.39, 0.29) is 11.2 Å². The Hall–Kier alpha value is -1.53. The van der Waals surface area contributed by atoms with Crippen molar-refractivity contribution in [2.24, 2.45) is 0 Å². The van der Waals surface area contributed by atoms with Gasteiger partial charge in [-0.3, -0.25) is 9.59 Å². The maximum absolute atomic E-state index is 10.8. The van der Waals surface area contributed by atoms with Crippen molar-refractivity contribution in [2.75, 3.05) is 6.54 Å². The molecule has 102 valence electrons. The fourth-order valence-electron chi connectivity index (χ4n) is 1.93. The molecule has 0 aromatic heterocycles. The van der Waals surface area contributed by atoms with E-state index in [1.165, 1.54) is 6.92 Å². The Morgan fingerprint density at radius 3 is 2.58 bits per heavy atom. The minimum atomic E-state index is -0.798. The fourth-order valence-corrected chi connectivity index (χ4v) is 3.07. The number of carbonyl (C=O) groups excluding carboxylic acids is 1. The van der Waals surface area contributed by atoms with Crippen molar-refractivity contribution in [3.8, 4) is 5.75 Å². The Morgan fingerprint density at radius 2 is 2.05 bits per heavy atom. The van der Waals surface area contributed by atoms with E-state index in [4.69, 9.17) is 9.84 Å². The van der Waals surface area contributed by atoms with Gasteiger partial charge in [0, 0.05) is 23.6 Å². The van der Waals surface area contributed by atoms with Crippen molar-refractivity contribution in [3.63, 3.8) is 0 Å². The molecule has 0 saturated carbocycles. The minimum Gasteiger partial charge on any atom is -0.480 e. The number of benzene rings is 1. The number of thioether (sulfide) groups is 1. The molecule has 0 spiro atoms. The highest BCUT2D eigenvalue weighted by Crippen LogP contribution is 2.30. The van der Waals surface area contributed by atoms with Crippen LogP contribution >= 0.6 is 11.8 Å². The van der Waals surface area contributed by atoms with Crippen LogP contribution in [0.3, 0.4) is 0 Å². The molecule has 0 bridgehead atoms. The summed E-state index contributed by atoms with van der Waals surface area (Å²) in [4.78, 5) is 22.6. The smallest absolute Gasteiger partial charge is 0.320 e. The first kappa shape index (κ1) is 13.9. The summed E-state index contributed by atoms with van der Waals surface area (Å²) >= 11 is 1.63. The molecule has 1 aromatic rings. The molecule has 5 nitrogen and oxygen atoms in total. The molecule has 1 unspecified atom stereocenters. The van der Waals surface area contributed by atoms with Crippen LogP contribution in [0.2, 0.25) is 0 Å². The maximum atomic E-state index is 10.8. The SMILES string of the molecule is CC(=O)Oc1ccc(SC2CN[C@H](C(=O)O)C2)cc1. The molecule has 1 aliphatic rings. The second kappa shape index (κ2) is 6.08. The van der Waals surface area contributed by atoms with E-state index in [1.54, 1.807) is 23.9 Å². The number of carbonyl (C=O) groups is 2. The lowest BCUT2D eigenvalue weighted by molar-refractivity contribution is -0.139. The molecule has 1 fully saturated rings. The topological polar surface area (TPSA) is 75.6 Å². The maximum Gasteiger partial charge on any atom is 0.320 e. The van der Waals surface area contributed by atoms with Crippen molar-refractivity contribution >= 4 is 23.7 Å². The first-order valence-electron chi connectivity index (χ1n) is 5.96. The van der Waals surface area contributed by atoms with Crippen LogP contribution in [-0.2, 0) is 9.59 Å². The predicted molar refractivity (Wildman–Crippen MR) is 71.4 cm³/mol. The van der Waals surface area contributed by atoms with Crippen LogP contribution in [0.25, 0.3) is 0 Å². The van der Waals surface area contributed by atoms with E-state index in [9.17, 15) is 9.59 Å². The highest BCUT2D eigenvalue weighted by molar-refractivity contribution is 8.00. The first-order chi connectivity index (χ1) is 9.04. The summed E-state index contributed by atoms with van der Waals surface area (Å²) in [6.45, 7) is 2.05. The highest BCUT2D eigenvalue weighted by atomic mass is 32.2. The van der Waals surface area contributed by atoms with Crippen molar-refractivity contribution in [1.82, 2.24) is 5.32 Å². The van der Waals surface area contributed by atoms with Crippen LogP contribution in [0.5, 0.6) is 5.75 Å². The highest BCUT2D eigenvalue weighted by Gasteiger charge is 2.29. The van der Waals surface area contributed by atoms with Crippen molar-refractivity contribution in [3.05, 3.63) is 24.3 Å². The van der Waals surface area contributed by atoms with Crippen LogP contribution in [0.4, 0.5) is 0 Å². The molecule has 6 heteroatoms. The number of hydrogen-bond acceptors (Lipinski definition) is 5. The van der Waals surface area contributed by atoms with Gasteiger partial charge in [-0.15, -0.1) is 11.8 Å². The summed E-state index contributed by atoms with van der Waals surface area (Å²) in [5, 5.41) is 12.1. The van der Waals surface area contributed by atoms with Gasteiger partial charge in [0.2, 0.25) is 0 Å². The van der Waals surface area contributed by atoms with Gasteiger partial charge >= 0.3 is 11.9 Å². The molecule has 2 N–H and O–H groups in total. The van der Waals surface area contributed by atoms with Gasteiger partial charge in [-0.2, -0.15) is 0 Å². The predicted octanol–water partition coefficient (Wildman–Crippen LogP) is 1.52. The third kappa shape index (κ3) is 3.97. The Bertz CT molecular complexity index is 474. The lowest BCUT2D eigenvalue weighted by Crippen LogP contribution is -2.29. The van der Waals surface area contributed by atoms with E-state index in [0.717, 1.165) is 4.90 Å². The monoisotopic (exact) mass is 281 g/mol. The number of aliphatic carboxylic acids is 1. The van der Waals surface area contributed by atoms with E-state index in [1.807, 2.05) is 12.1 Å². The van der Waals surface area contributed by atoms with E-state index in [2.05, 4.69) is 5.32 Å². The van der Waals surface area contributed by atoms with Gasteiger partial charge in [0.25, 0.3) is 0 Å². The third-order valence-corrected chi connectivity index (χ3v) is 4.01. The summed E-state index contributed by atoms with van der Waals surface area (Å²) in [6.07, 6.45) is 0.617. The first-order valence-corrected chi connectivity index (χ1v) is 6.84. The molecule has 0 aliphatic carbocycles. The van der Waals surface area contributed by atoms with Gasteiger partial charge < -0.3 is 15.2 Å². The lowest BCUT2D eigenvalue weighted by Gasteiger charge is -2.08. The standard InChI is InChI=1S/C13H15NO4S/c1-8(15)18-9-2-4-10(5-3-9)19-11-6-12(13(16)17)14-7-11/h2-5,11-12,14H,6-7H2,1H3,(H,16,17)/t11?,12-/m0/s1. The molecule has 2 rings (SSSR count). The number of nitrogens with one attached hydrogen (secondary N) is 1. The van der Waals surface area contributed by atoms with Crippen molar-refractivity contribution < 1.29 is 19.4 Å². The Kier molecular flexibility index (Phi) is 4.44. The second-order valence-electron chi connectivity index (χ2n) is 4.34. The van der Waals surface area contributed by atoms with Crippen molar-refractivity contribution in [2.45, 2.75) is 29.5 Å². The summed E-state index contributed by atoms with van der Waals surface area (Å²) in [6, 6.07) is 6.77. The number of carboxylic acid groups (broad SMARTS) is 1. The van der Waals surface area contributed by atoms with Crippen LogP contribution in [0.1, 0.15) is 13.3 Å². The number of rotatable bonds is 4. The minimum absolute atomic E-state index is 0.251. The average molecular weight is 281 g/mol. The number of hydrogen-bond donors (Lipinski definition) is 2. The van der Waals surface area contributed by atoms with Gasteiger partial charge in [0.15, 0.2) is 0 Å².